The molecule has 0 rings (SSSR count). The summed E-state index contributed by atoms with van der Waals surface area (Å²) in [6.45, 7) is 1.81. The van der Waals surface area contributed by atoms with Gasteiger partial charge in [-0.25, -0.2) is 0 Å². The molecule has 9 heavy (non-hydrogen) atoms. The highest BCUT2D eigenvalue weighted by Crippen LogP contribution is 2.21. The van der Waals surface area contributed by atoms with Crippen molar-refractivity contribution >= 4 is 22.2 Å². The van der Waals surface area contributed by atoms with Crippen molar-refractivity contribution in [2.75, 3.05) is 0 Å². The number of carbonyl (C=O) groups is 1. The third kappa shape index (κ3) is 317. The molecule has 0 N–H and O–H groups in total. The molecule has 0 atom stereocenters. The van der Waals surface area contributed by atoms with Crippen LogP contribution in [0.15, 0.2) is 0 Å². The van der Waals surface area contributed by atoms with Gasteiger partial charge in [0, 0.05) is 22.4 Å². The largest absolute Gasteiger partial charge is 0.448 e. The van der Waals surface area contributed by atoms with Gasteiger partial charge in [-0.3, -0.25) is 0 Å². The van der Waals surface area contributed by atoms with Gasteiger partial charge < -0.3 is 4.79 Å². The fourth-order valence-electron chi connectivity index (χ4n) is 0. The third-order valence-corrected chi connectivity index (χ3v) is 0.167. The van der Waals surface area contributed by atoms with Crippen LogP contribution < -0.4 is 0 Å². The first-order valence-corrected chi connectivity index (χ1v) is 2.90. The lowest BCUT2D eigenvalue weighted by Gasteiger charge is -1.85. The third-order valence-electron chi connectivity index (χ3n) is 0.167. The summed E-state index contributed by atoms with van der Waals surface area (Å²) in [5.74, 6) is 0. The van der Waals surface area contributed by atoms with Crippen molar-refractivity contribution < 1.29 is 18.0 Å². The average molecular weight is 207 g/mol. The van der Waals surface area contributed by atoms with Crippen LogP contribution in [0.4, 0.5) is 13.2 Å². The first-order chi connectivity index (χ1) is 3.91. The Morgan fingerprint density at radius 2 is 1.67 bits per heavy atom. The van der Waals surface area contributed by atoms with Crippen LogP contribution in [0, 0.1) is 0 Å². The van der Waals surface area contributed by atoms with Gasteiger partial charge >= 0.3 is 5.09 Å². The maximum absolute atomic E-state index is 10.3. The number of hydrogen-bond acceptors (Lipinski definition) is 1. The van der Waals surface area contributed by atoms with Crippen molar-refractivity contribution in [3.05, 3.63) is 0 Å². The van der Waals surface area contributed by atoms with E-state index in [1.54, 1.807) is 0 Å². The van der Waals surface area contributed by atoms with E-state index in [-0.39, 0.29) is 0 Å². The van der Waals surface area contributed by atoms with Crippen LogP contribution in [0.1, 0.15) is 13.3 Å². The Morgan fingerprint density at radius 1 is 1.56 bits per heavy atom. The number of aldehydes is 1. The number of alkyl halides is 4. The minimum atomic E-state index is -4.19. The summed E-state index contributed by atoms with van der Waals surface area (Å²) < 4.78 is 30.8. The van der Waals surface area contributed by atoms with Crippen LogP contribution >= 0.6 is 15.9 Å². The zero-order valence-corrected chi connectivity index (χ0v) is 6.29. The molecule has 0 aliphatic rings. The molecule has 0 bridgehead atoms. The molecule has 0 heterocycles. The van der Waals surface area contributed by atoms with E-state index < -0.39 is 5.09 Å². The molecule has 0 aromatic carbocycles. The Balaban J connectivity index is 0. The van der Waals surface area contributed by atoms with E-state index in [0.29, 0.717) is 6.42 Å². The molecular weight excluding hydrogens is 201 g/mol. The predicted molar refractivity (Wildman–Crippen MR) is 31.3 cm³/mol. The molecule has 0 unspecified atom stereocenters. The number of halogens is 4. The summed E-state index contributed by atoms with van der Waals surface area (Å²) in [7, 11) is 0. The van der Waals surface area contributed by atoms with Crippen LogP contribution in [0.5, 0.6) is 0 Å². The van der Waals surface area contributed by atoms with Gasteiger partial charge in [0.05, 0.1) is 0 Å². The normalized spacial score (nSPS) is 9.44. The Bertz CT molecular complexity index is 64.7. The SMILES string of the molecule is CCC=O.FC(F)(F)Br. The van der Waals surface area contributed by atoms with Crippen LogP contribution in [-0.4, -0.2) is 11.4 Å². The molecule has 0 aromatic heterocycles. The minimum Gasteiger partial charge on any atom is -0.303 e. The lowest BCUT2D eigenvalue weighted by molar-refractivity contribution is -0.107. The van der Waals surface area contributed by atoms with Gasteiger partial charge in [-0.2, -0.15) is 13.2 Å². The van der Waals surface area contributed by atoms with Crippen molar-refractivity contribution in [1.29, 1.82) is 0 Å². The lowest BCUT2D eigenvalue weighted by Crippen LogP contribution is -1.88. The fourth-order valence-corrected chi connectivity index (χ4v) is 0. The minimum absolute atomic E-state index is 0.639. The summed E-state index contributed by atoms with van der Waals surface area (Å²) in [6.07, 6.45) is 1.51. The van der Waals surface area contributed by atoms with Crippen molar-refractivity contribution in [1.82, 2.24) is 0 Å². The van der Waals surface area contributed by atoms with Crippen molar-refractivity contribution in [3.63, 3.8) is 0 Å². The maximum Gasteiger partial charge on any atom is 0.448 e. The zero-order valence-electron chi connectivity index (χ0n) is 4.70. The summed E-state index contributed by atoms with van der Waals surface area (Å²) >= 11 is 1.38. The second-order valence-corrected chi connectivity index (χ2v) is 1.90. The first-order valence-electron chi connectivity index (χ1n) is 2.11. The molecule has 0 spiro atoms. The van der Waals surface area contributed by atoms with Gasteiger partial charge in [0.15, 0.2) is 0 Å². The summed E-state index contributed by atoms with van der Waals surface area (Å²) in [5.41, 5.74) is 0. The van der Waals surface area contributed by atoms with Crippen LogP contribution in [0.2, 0.25) is 0 Å². The Hall–Kier alpha value is -0.0600. The highest BCUT2D eigenvalue weighted by molar-refractivity contribution is 9.09. The van der Waals surface area contributed by atoms with E-state index in [9.17, 15) is 18.0 Å². The Morgan fingerprint density at radius 3 is 1.67 bits per heavy atom. The second kappa shape index (κ2) is 6.07. The number of rotatable bonds is 1. The maximum atomic E-state index is 10.3. The van der Waals surface area contributed by atoms with E-state index in [0.717, 1.165) is 6.29 Å². The van der Waals surface area contributed by atoms with Crippen LogP contribution in [-0.2, 0) is 4.79 Å². The van der Waals surface area contributed by atoms with E-state index in [1.165, 1.54) is 15.9 Å². The lowest BCUT2D eigenvalue weighted by atomic mass is 10.6. The quantitative estimate of drug-likeness (QED) is 0.476. The molecule has 1 nitrogen and oxygen atoms in total. The number of carbonyl (C=O) groups excluding carboxylic acids is 1. The molecule has 56 valence electrons. The van der Waals surface area contributed by atoms with Gasteiger partial charge in [-0.1, -0.05) is 6.92 Å². The van der Waals surface area contributed by atoms with Crippen LogP contribution in [0.25, 0.3) is 0 Å². The molecule has 0 saturated heterocycles. The standard InChI is InChI=1S/C3H6O.CBrF3/c1-2-3-4;2-1(3,4)5/h3H,2H2,1H3;. The Kier molecular flexibility index (Phi) is 7.89. The molecule has 0 aromatic rings. The average Bonchev–Trinajstić information content (AvgIpc) is 1.61. The topological polar surface area (TPSA) is 17.1 Å². The summed E-state index contributed by atoms with van der Waals surface area (Å²) in [6, 6.07) is 0. The number of hydrogen-bond donors (Lipinski definition) is 0. The molecule has 0 saturated carbocycles. The zero-order chi connectivity index (χ0) is 7.91. The summed E-state index contributed by atoms with van der Waals surface area (Å²) in [4.78, 5) is 9.17. The van der Waals surface area contributed by atoms with Gasteiger partial charge in [0.2, 0.25) is 0 Å². The van der Waals surface area contributed by atoms with E-state index in [4.69, 9.17) is 0 Å². The van der Waals surface area contributed by atoms with E-state index in [2.05, 4.69) is 0 Å². The monoisotopic (exact) mass is 206 g/mol. The predicted octanol–water partition coefficient (Wildman–Crippen LogP) is 2.50. The first kappa shape index (κ1) is 11.7. The molecule has 0 radical (unpaired) electrons. The van der Waals surface area contributed by atoms with E-state index in [1.807, 2.05) is 6.92 Å². The van der Waals surface area contributed by atoms with E-state index >= 15 is 0 Å². The molecule has 0 fully saturated rings. The van der Waals surface area contributed by atoms with Gasteiger partial charge in [0.1, 0.15) is 6.29 Å². The van der Waals surface area contributed by atoms with Crippen LogP contribution in [0.3, 0.4) is 0 Å². The van der Waals surface area contributed by atoms with Crippen molar-refractivity contribution in [2.24, 2.45) is 0 Å². The molecule has 5 heteroatoms. The van der Waals surface area contributed by atoms with Gasteiger partial charge in [-0.05, 0) is 0 Å². The molecule has 0 aliphatic heterocycles. The highest BCUT2D eigenvalue weighted by Gasteiger charge is 2.19. The smallest absolute Gasteiger partial charge is 0.303 e. The fraction of sp³-hybridized carbons (Fsp3) is 0.750. The molecule has 0 amide bonds. The van der Waals surface area contributed by atoms with Gasteiger partial charge in [-0.15, -0.1) is 0 Å². The molecule has 0 aliphatic carbocycles. The van der Waals surface area contributed by atoms with Gasteiger partial charge in [0.25, 0.3) is 0 Å². The molecular formula is C4H6BrF3O. The second-order valence-electron chi connectivity index (χ2n) is 1.00. The highest BCUT2D eigenvalue weighted by atomic mass is 79.9. The summed E-state index contributed by atoms with van der Waals surface area (Å²) in [5, 5.41) is -4.19. The van der Waals surface area contributed by atoms with Crippen molar-refractivity contribution in [3.8, 4) is 0 Å². The Labute approximate surface area is 59.4 Å². The van der Waals surface area contributed by atoms with Crippen molar-refractivity contribution in [2.45, 2.75) is 18.4 Å².